The van der Waals surface area contributed by atoms with Crippen molar-refractivity contribution in [2.45, 2.75) is 25.7 Å². The van der Waals surface area contributed by atoms with E-state index in [1.807, 2.05) is 36.4 Å². The first-order valence-corrected chi connectivity index (χ1v) is 11.1. The number of oxime groups is 1. The topological polar surface area (TPSA) is 82.8 Å². The second kappa shape index (κ2) is 10.6. The van der Waals surface area contributed by atoms with Gasteiger partial charge >= 0.3 is 5.97 Å². The average Bonchev–Trinajstić information content (AvgIpc) is 2.88. The van der Waals surface area contributed by atoms with E-state index in [0.29, 0.717) is 18.6 Å². The van der Waals surface area contributed by atoms with Gasteiger partial charge < -0.3 is 10.3 Å². The van der Waals surface area contributed by atoms with Crippen LogP contribution in [0.25, 0.3) is 11.1 Å². The number of benzene rings is 3. The summed E-state index contributed by atoms with van der Waals surface area (Å²) in [6.45, 7) is 2.10. The highest BCUT2D eigenvalue weighted by molar-refractivity contribution is 5.88. The van der Waals surface area contributed by atoms with Gasteiger partial charge in [-0.25, -0.2) is 4.79 Å². The first-order chi connectivity index (χ1) is 16.5. The number of rotatable bonds is 8. The lowest BCUT2D eigenvalue weighted by atomic mass is 9.83. The molecule has 1 atom stereocenters. The zero-order chi connectivity index (χ0) is 23.9. The van der Waals surface area contributed by atoms with Crippen molar-refractivity contribution in [2.75, 3.05) is 0 Å². The zero-order valence-corrected chi connectivity index (χ0v) is 18.9. The molecule has 0 aliphatic carbocycles. The van der Waals surface area contributed by atoms with E-state index in [0.717, 1.165) is 22.3 Å². The second-order valence-corrected chi connectivity index (χ2v) is 8.32. The van der Waals surface area contributed by atoms with Crippen molar-refractivity contribution < 1.29 is 15.1 Å². The molecule has 4 aromatic rings. The maximum atomic E-state index is 11.1. The van der Waals surface area contributed by atoms with Crippen molar-refractivity contribution in [2.24, 2.45) is 5.16 Å². The predicted octanol–water partition coefficient (Wildman–Crippen LogP) is 6.35. The minimum Gasteiger partial charge on any atom is -0.478 e. The van der Waals surface area contributed by atoms with Crippen LogP contribution >= 0.6 is 0 Å². The molecule has 0 spiro atoms. The van der Waals surface area contributed by atoms with Gasteiger partial charge in [0.1, 0.15) is 0 Å². The van der Waals surface area contributed by atoms with Crippen LogP contribution in [-0.4, -0.2) is 27.0 Å². The fourth-order valence-electron chi connectivity index (χ4n) is 4.22. The van der Waals surface area contributed by atoms with E-state index in [1.54, 1.807) is 24.5 Å². The summed E-state index contributed by atoms with van der Waals surface area (Å²) in [6, 6.07) is 27.3. The van der Waals surface area contributed by atoms with Gasteiger partial charge in [-0.1, -0.05) is 65.8 Å². The molecule has 0 saturated heterocycles. The molecule has 4 rings (SSSR count). The van der Waals surface area contributed by atoms with E-state index in [9.17, 15) is 10.0 Å². The quantitative estimate of drug-likeness (QED) is 0.186. The van der Waals surface area contributed by atoms with Crippen LogP contribution in [0, 0.1) is 6.92 Å². The van der Waals surface area contributed by atoms with Crippen LogP contribution in [0.3, 0.4) is 0 Å². The van der Waals surface area contributed by atoms with Crippen molar-refractivity contribution in [3.8, 4) is 11.1 Å². The van der Waals surface area contributed by atoms with Crippen molar-refractivity contribution in [1.29, 1.82) is 0 Å². The van der Waals surface area contributed by atoms with Crippen LogP contribution in [0.4, 0.5) is 0 Å². The number of aromatic nitrogens is 1. The van der Waals surface area contributed by atoms with Crippen LogP contribution in [0.5, 0.6) is 0 Å². The molecular formula is C29H26N2O3. The highest BCUT2D eigenvalue weighted by Crippen LogP contribution is 2.33. The lowest BCUT2D eigenvalue weighted by molar-refractivity contribution is 0.0697. The highest BCUT2D eigenvalue weighted by atomic mass is 16.4. The fraction of sp³-hybridized carbons (Fsp3) is 0.138. The predicted molar refractivity (Wildman–Crippen MR) is 134 cm³/mol. The summed E-state index contributed by atoms with van der Waals surface area (Å²) in [5.41, 5.74) is 7.48. The van der Waals surface area contributed by atoms with E-state index in [-0.39, 0.29) is 11.5 Å². The molecule has 0 bridgehead atoms. The Balaban J connectivity index is 1.64. The first kappa shape index (κ1) is 22.9. The van der Waals surface area contributed by atoms with E-state index in [1.165, 1.54) is 11.1 Å². The molecule has 0 fully saturated rings. The first-order valence-electron chi connectivity index (χ1n) is 11.1. The summed E-state index contributed by atoms with van der Waals surface area (Å²) in [5, 5.41) is 22.6. The third-order valence-corrected chi connectivity index (χ3v) is 6.08. The molecule has 0 aliphatic rings. The average molecular weight is 451 g/mol. The maximum absolute atomic E-state index is 11.1. The van der Waals surface area contributed by atoms with Crippen molar-refractivity contribution in [3.63, 3.8) is 0 Å². The van der Waals surface area contributed by atoms with Gasteiger partial charge in [-0.15, -0.1) is 0 Å². The molecule has 0 aliphatic heterocycles. The number of aryl methyl sites for hydroxylation is 1. The summed E-state index contributed by atoms with van der Waals surface area (Å²) in [4.78, 5) is 15.2. The Bertz CT molecular complexity index is 1280. The largest absolute Gasteiger partial charge is 0.478 e. The minimum atomic E-state index is -0.934. The Hall–Kier alpha value is -4.25. The number of nitrogens with zero attached hydrogens (tertiary/aromatic N) is 2. The lowest BCUT2D eigenvalue weighted by Gasteiger charge is -2.21. The summed E-state index contributed by atoms with van der Waals surface area (Å²) >= 11 is 0. The summed E-state index contributed by atoms with van der Waals surface area (Å²) in [5.74, 6) is -0.909. The maximum Gasteiger partial charge on any atom is 0.335 e. The molecule has 3 aromatic carbocycles. The standard InChI is InChI=1S/C29H26N2O3/c1-20-4-2-3-5-27(20)28(19-26(31-34)18-21-14-16-30-17-15-21)24-10-6-22(7-11-24)23-8-12-25(13-9-23)29(32)33/h2-17,28,34H,18-19H2,1H3,(H,32,33)/b31-26+/t28-/m1/s1. The number of hydrogen-bond donors (Lipinski definition) is 2. The Kier molecular flexibility index (Phi) is 7.13. The van der Waals surface area contributed by atoms with E-state index in [2.05, 4.69) is 53.5 Å². The van der Waals surface area contributed by atoms with E-state index in [4.69, 9.17) is 5.11 Å². The van der Waals surface area contributed by atoms with Crippen LogP contribution in [0.2, 0.25) is 0 Å². The Labute approximate surface area is 199 Å². The van der Waals surface area contributed by atoms with Gasteiger partial charge in [-0.05, 0) is 64.6 Å². The number of aromatic carboxylic acids is 1. The molecule has 5 heteroatoms. The molecule has 34 heavy (non-hydrogen) atoms. The van der Waals surface area contributed by atoms with Crippen molar-refractivity contribution >= 4 is 11.7 Å². The number of carboxylic acids is 1. The van der Waals surface area contributed by atoms with Crippen molar-refractivity contribution in [1.82, 2.24) is 4.98 Å². The Morgan fingerprint density at radius 1 is 0.882 bits per heavy atom. The molecule has 0 unspecified atom stereocenters. The smallest absolute Gasteiger partial charge is 0.335 e. The van der Waals surface area contributed by atoms with Gasteiger partial charge in [0.2, 0.25) is 0 Å². The molecule has 0 amide bonds. The van der Waals surface area contributed by atoms with Crippen LogP contribution in [0.1, 0.15) is 45.0 Å². The van der Waals surface area contributed by atoms with Crippen molar-refractivity contribution in [3.05, 3.63) is 125 Å². The number of hydrogen-bond acceptors (Lipinski definition) is 4. The van der Waals surface area contributed by atoms with E-state index < -0.39 is 5.97 Å². The van der Waals surface area contributed by atoms with Gasteiger partial charge in [-0.2, -0.15) is 0 Å². The molecule has 0 saturated carbocycles. The molecule has 170 valence electrons. The Morgan fingerprint density at radius 2 is 1.50 bits per heavy atom. The van der Waals surface area contributed by atoms with Gasteiger partial charge in [0.25, 0.3) is 0 Å². The number of carbonyl (C=O) groups is 1. The summed E-state index contributed by atoms with van der Waals surface area (Å²) in [7, 11) is 0. The summed E-state index contributed by atoms with van der Waals surface area (Å²) in [6.07, 6.45) is 4.61. The van der Waals surface area contributed by atoms with E-state index >= 15 is 0 Å². The molecule has 5 nitrogen and oxygen atoms in total. The SMILES string of the molecule is Cc1ccccc1[C@H](C/C(Cc1ccncc1)=N/O)c1ccc(-c2ccc(C(=O)O)cc2)cc1. The molecule has 0 radical (unpaired) electrons. The third kappa shape index (κ3) is 5.38. The number of pyridine rings is 1. The number of carboxylic acid groups (broad SMARTS) is 1. The fourth-order valence-corrected chi connectivity index (χ4v) is 4.22. The monoisotopic (exact) mass is 450 g/mol. The summed E-state index contributed by atoms with van der Waals surface area (Å²) < 4.78 is 0. The van der Waals surface area contributed by atoms with Gasteiger partial charge in [0, 0.05) is 31.2 Å². The van der Waals surface area contributed by atoms with Gasteiger partial charge in [0.15, 0.2) is 0 Å². The van der Waals surface area contributed by atoms with Crippen LogP contribution in [-0.2, 0) is 6.42 Å². The van der Waals surface area contributed by atoms with Crippen LogP contribution < -0.4 is 0 Å². The lowest BCUT2D eigenvalue weighted by Crippen LogP contribution is -2.12. The van der Waals surface area contributed by atoms with Gasteiger partial charge in [-0.3, -0.25) is 4.98 Å². The normalized spacial score (nSPS) is 12.3. The Morgan fingerprint density at radius 3 is 2.09 bits per heavy atom. The van der Waals surface area contributed by atoms with Gasteiger partial charge in [0.05, 0.1) is 11.3 Å². The molecule has 2 N–H and O–H groups in total. The molecule has 1 aromatic heterocycles. The van der Waals surface area contributed by atoms with Crippen LogP contribution in [0.15, 0.2) is 102 Å². The zero-order valence-electron chi connectivity index (χ0n) is 18.9. The third-order valence-electron chi connectivity index (χ3n) is 6.08. The second-order valence-electron chi connectivity index (χ2n) is 8.32. The highest BCUT2D eigenvalue weighted by Gasteiger charge is 2.20. The molecule has 1 heterocycles. The molecular weight excluding hydrogens is 424 g/mol. The minimum absolute atomic E-state index is 0.0253.